The van der Waals surface area contributed by atoms with E-state index in [0.717, 1.165) is 31.6 Å². The number of rotatable bonds is 4. The summed E-state index contributed by atoms with van der Waals surface area (Å²) < 4.78 is 2.14. The molecule has 1 heterocycles. The smallest absolute Gasteiger partial charge is 0.133 e. The van der Waals surface area contributed by atoms with Gasteiger partial charge in [0.25, 0.3) is 0 Å². The number of aromatic nitrogens is 3. The zero-order chi connectivity index (χ0) is 12.4. The third kappa shape index (κ3) is 2.43. The van der Waals surface area contributed by atoms with Crippen molar-refractivity contribution in [2.24, 2.45) is 11.7 Å². The molecule has 0 unspecified atom stereocenters. The third-order valence-corrected chi connectivity index (χ3v) is 3.63. The van der Waals surface area contributed by atoms with Gasteiger partial charge in [-0.05, 0) is 24.3 Å². The lowest BCUT2D eigenvalue weighted by Gasteiger charge is -2.32. The second-order valence-electron chi connectivity index (χ2n) is 5.16. The molecule has 1 aromatic carbocycles. The average Bonchev–Trinajstić information content (AvgIpc) is 2.76. The fourth-order valence-electron chi connectivity index (χ4n) is 2.56. The van der Waals surface area contributed by atoms with Crippen LogP contribution in [0.1, 0.15) is 24.2 Å². The molecule has 1 fully saturated rings. The normalized spacial score (nSPS) is 22.7. The van der Waals surface area contributed by atoms with Crippen molar-refractivity contribution < 1.29 is 0 Å². The van der Waals surface area contributed by atoms with Crippen LogP contribution in [0.15, 0.2) is 36.7 Å². The van der Waals surface area contributed by atoms with Gasteiger partial charge in [-0.1, -0.05) is 30.3 Å². The van der Waals surface area contributed by atoms with Crippen molar-refractivity contribution in [2.45, 2.75) is 31.8 Å². The van der Waals surface area contributed by atoms with E-state index in [1.165, 1.54) is 5.56 Å². The summed E-state index contributed by atoms with van der Waals surface area (Å²) in [5, 5.41) is 8.26. The minimum Gasteiger partial charge on any atom is -0.328 e. The standard InChI is InChI=1S/C14H18N4/c15-13-6-12(7-13)8-14-17-16-10-18(14)9-11-4-2-1-3-5-11/h1-5,10,12-13H,6-9,15H2. The molecule has 0 amide bonds. The van der Waals surface area contributed by atoms with Crippen LogP contribution in [-0.2, 0) is 13.0 Å². The van der Waals surface area contributed by atoms with Crippen LogP contribution in [-0.4, -0.2) is 20.8 Å². The van der Waals surface area contributed by atoms with Crippen LogP contribution in [0, 0.1) is 5.92 Å². The maximum atomic E-state index is 5.82. The van der Waals surface area contributed by atoms with Gasteiger partial charge in [-0.15, -0.1) is 10.2 Å². The lowest BCUT2D eigenvalue weighted by molar-refractivity contribution is 0.258. The van der Waals surface area contributed by atoms with Gasteiger partial charge >= 0.3 is 0 Å². The Morgan fingerprint density at radius 2 is 2.00 bits per heavy atom. The predicted molar refractivity (Wildman–Crippen MR) is 70.0 cm³/mol. The molecule has 0 atom stereocenters. The minimum atomic E-state index is 0.403. The molecule has 1 aliphatic carbocycles. The van der Waals surface area contributed by atoms with Gasteiger partial charge in [0.1, 0.15) is 12.2 Å². The molecule has 1 aliphatic rings. The fraction of sp³-hybridized carbons (Fsp3) is 0.429. The molecule has 0 bridgehead atoms. The Balaban J connectivity index is 1.68. The molecule has 0 spiro atoms. The topological polar surface area (TPSA) is 56.7 Å². The van der Waals surface area contributed by atoms with Crippen LogP contribution in [0.5, 0.6) is 0 Å². The van der Waals surface area contributed by atoms with E-state index in [0.29, 0.717) is 12.0 Å². The summed E-state index contributed by atoms with van der Waals surface area (Å²) in [6.07, 6.45) is 5.07. The van der Waals surface area contributed by atoms with Gasteiger partial charge < -0.3 is 10.3 Å². The van der Waals surface area contributed by atoms with Crippen molar-refractivity contribution in [3.63, 3.8) is 0 Å². The Hall–Kier alpha value is -1.68. The van der Waals surface area contributed by atoms with Crippen molar-refractivity contribution in [1.82, 2.24) is 14.8 Å². The Morgan fingerprint density at radius 1 is 1.22 bits per heavy atom. The lowest BCUT2D eigenvalue weighted by atomic mass is 9.78. The molecule has 4 heteroatoms. The molecular formula is C14H18N4. The quantitative estimate of drug-likeness (QED) is 0.886. The van der Waals surface area contributed by atoms with Crippen LogP contribution >= 0.6 is 0 Å². The molecule has 94 valence electrons. The van der Waals surface area contributed by atoms with E-state index < -0.39 is 0 Å². The summed E-state index contributed by atoms with van der Waals surface area (Å²) in [4.78, 5) is 0. The highest BCUT2D eigenvalue weighted by Crippen LogP contribution is 2.28. The first kappa shape index (κ1) is 11.4. The molecule has 2 N–H and O–H groups in total. The molecule has 3 rings (SSSR count). The van der Waals surface area contributed by atoms with E-state index in [9.17, 15) is 0 Å². The van der Waals surface area contributed by atoms with Gasteiger partial charge in [-0.25, -0.2) is 0 Å². The number of nitrogens with two attached hydrogens (primary N) is 1. The van der Waals surface area contributed by atoms with Crippen molar-refractivity contribution in [2.75, 3.05) is 0 Å². The first-order valence-electron chi connectivity index (χ1n) is 6.47. The molecule has 2 aromatic rings. The van der Waals surface area contributed by atoms with E-state index in [1.807, 2.05) is 12.4 Å². The molecule has 0 aliphatic heterocycles. The summed E-state index contributed by atoms with van der Waals surface area (Å²) in [5.74, 6) is 1.77. The van der Waals surface area contributed by atoms with Gasteiger partial charge in [0.05, 0.1) is 6.54 Å². The zero-order valence-electron chi connectivity index (χ0n) is 10.4. The van der Waals surface area contributed by atoms with Crippen molar-refractivity contribution in [3.8, 4) is 0 Å². The average molecular weight is 242 g/mol. The minimum absolute atomic E-state index is 0.403. The summed E-state index contributed by atoms with van der Waals surface area (Å²) in [6.45, 7) is 0.849. The van der Waals surface area contributed by atoms with Gasteiger partial charge in [0.15, 0.2) is 0 Å². The van der Waals surface area contributed by atoms with E-state index in [-0.39, 0.29) is 0 Å². The number of benzene rings is 1. The van der Waals surface area contributed by atoms with Gasteiger partial charge in [-0.2, -0.15) is 0 Å². The molecule has 18 heavy (non-hydrogen) atoms. The molecule has 0 radical (unpaired) electrons. The number of hydrogen-bond acceptors (Lipinski definition) is 3. The highest BCUT2D eigenvalue weighted by atomic mass is 15.3. The highest BCUT2D eigenvalue weighted by Gasteiger charge is 2.27. The SMILES string of the molecule is NC1CC(Cc2nncn2Cc2ccccc2)C1. The Morgan fingerprint density at radius 3 is 2.72 bits per heavy atom. The van der Waals surface area contributed by atoms with E-state index in [2.05, 4.69) is 39.0 Å². The van der Waals surface area contributed by atoms with Crippen LogP contribution in [0.3, 0.4) is 0 Å². The summed E-state index contributed by atoms with van der Waals surface area (Å²) in [7, 11) is 0. The number of nitrogens with zero attached hydrogens (tertiary/aromatic N) is 3. The van der Waals surface area contributed by atoms with Crippen LogP contribution in [0.4, 0.5) is 0 Å². The number of hydrogen-bond donors (Lipinski definition) is 1. The Bertz CT molecular complexity index is 500. The summed E-state index contributed by atoms with van der Waals surface area (Å²) in [5.41, 5.74) is 7.10. The Labute approximate surface area is 107 Å². The monoisotopic (exact) mass is 242 g/mol. The molecular weight excluding hydrogens is 224 g/mol. The summed E-state index contributed by atoms with van der Waals surface area (Å²) >= 11 is 0. The zero-order valence-corrected chi connectivity index (χ0v) is 10.4. The van der Waals surface area contributed by atoms with Crippen LogP contribution < -0.4 is 5.73 Å². The van der Waals surface area contributed by atoms with Gasteiger partial charge in [0.2, 0.25) is 0 Å². The maximum absolute atomic E-state index is 5.82. The van der Waals surface area contributed by atoms with Gasteiger partial charge in [-0.3, -0.25) is 0 Å². The van der Waals surface area contributed by atoms with E-state index >= 15 is 0 Å². The Kier molecular flexibility index (Phi) is 3.11. The van der Waals surface area contributed by atoms with Crippen LogP contribution in [0.25, 0.3) is 0 Å². The first-order valence-corrected chi connectivity index (χ1v) is 6.47. The maximum Gasteiger partial charge on any atom is 0.133 e. The fourth-order valence-corrected chi connectivity index (χ4v) is 2.56. The van der Waals surface area contributed by atoms with Crippen molar-refractivity contribution >= 4 is 0 Å². The summed E-state index contributed by atoms with van der Waals surface area (Å²) in [6, 6.07) is 10.8. The first-order chi connectivity index (χ1) is 8.81. The second-order valence-corrected chi connectivity index (χ2v) is 5.16. The van der Waals surface area contributed by atoms with Crippen LogP contribution in [0.2, 0.25) is 0 Å². The molecule has 0 saturated heterocycles. The van der Waals surface area contributed by atoms with E-state index in [1.54, 1.807) is 0 Å². The van der Waals surface area contributed by atoms with Crippen molar-refractivity contribution in [1.29, 1.82) is 0 Å². The lowest BCUT2D eigenvalue weighted by Crippen LogP contribution is -2.37. The largest absolute Gasteiger partial charge is 0.328 e. The molecule has 1 saturated carbocycles. The second kappa shape index (κ2) is 4.90. The molecule has 1 aromatic heterocycles. The van der Waals surface area contributed by atoms with Gasteiger partial charge in [0, 0.05) is 12.5 Å². The van der Waals surface area contributed by atoms with Crippen molar-refractivity contribution in [3.05, 3.63) is 48.0 Å². The molecule has 4 nitrogen and oxygen atoms in total. The van der Waals surface area contributed by atoms with E-state index in [4.69, 9.17) is 5.73 Å². The third-order valence-electron chi connectivity index (χ3n) is 3.63. The predicted octanol–water partition coefficient (Wildman–Crippen LogP) is 1.61. The highest BCUT2D eigenvalue weighted by molar-refractivity contribution is 5.15.